The second-order valence-corrected chi connectivity index (χ2v) is 6.55. The van der Waals surface area contributed by atoms with E-state index in [4.69, 9.17) is 0 Å². The van der Waals surface area contributed by atoms with Crippen molar-refractivity contribution in [3.8, 4) is 0 Å². The zero-order valence-electron chi connectivity index (χ0n) is 13.3. The molecular weight excluding hydrogens is 405 g/mol. The van der Waals surface area contributed by atoms with Gasteiger partial charge in [0.25, 0.3) is 5.56 Å². The van der Waals surface area contributed by atoms with E-state index < -0.39 is 0 Å². The fourth-order valence-electron chi connectivity index (χ4n) is 2.28. The van der Waals surface area contributed by atoms with Crippen LogP contribution >= 0.6 is 22.6 Å². The van der Waals surface area contributed by atoms with E-state index in [1.165, 1.54) is 5.56 Å². The van der Waals surface area contributed by atoms with E-state index in [0.717, 1.165) is 20.2 Å². The Labute approximate surface area is 146 Å². The summed E-state index contributed by atoms with van der Waals surface area (Å²) in [7, 11) is 0. The van der Waals surface area contributed by atoms with Crippen LogP contribution in [0.15, 0.2) is 16.9 Å². The van der Waals surface area contributed by atoms with E-state index in [2.05, 4.69) is 53.9 Å². The number of rotatable bonds is 2. The highest BCUT2D eigenvalue weighted by molar-refractivity contribution is 14.1. The van der Waals surface area contributed by atoms with Gasteiger partial charge >= 0.3 is 0 Å². The molecule has 0 aliphatic heterocycles. The molecule has 0 bridgehead atoms. The van der Waals surface area contributed by atoms with E-state index in [1.807, 2.05) is 19.9 Å². The molecule has 23 heavy (non-hydrogen) atoms. The van der Waals surface area contributed by atoms with Crippen molar-refractivity contribution in [2.45, 2.75) is 27.7 Å². The van der Waals surface area contributed by atoms with Crippen molar-refractivity contribution in [3.05, 3.63) is 48.6 Å². The standard InChI is InChI=1S/C16H16IN5O/c1-7-5-6-11-10(4)19-15(20-13(11)12(7)17)22-16-18-9(3)8(2)14(23)21-16/h5-6H,1-4H3,(H2,18,19,20,21,22,23). The third kappa shape index (κ3) is 2.92. The summed E-state index contributed by atoms with van der Waals surface area (Å²) in [5.74, 6) is 0.768. The van der Waals surface area contributed by atoms with Crippen LogP contribution in [0.3, 0.4) is 0 Å². The molecule has 2 aromatic heterocycles. The van der Waals surface area contributed by atoms with E-state index in [1.54, 1.807) is 13.8 Å². The van der Waals surface area contributed by atoms with Crippen molar-refractivity contribution < 1.29 is 0 Å². The van der Waals surface area contributed by atoms with Crippen molar-refractivity contribution in [2.24, 2.45) is 0 Å². The lowest BCUT2D eigenvalue weighted by molar-refractivity contribution is 1.01. The summed E-state index contributed by atoms with van der Waals surface area (Å²) in [6, 6.07) is 4.10. The highest BCUT2D eigenvalue weighted by Crippen LogP contribution is 2.25. The molecule has 0 aliphatic rings. The van der Waals surface area contributed by atoms with Crippen LogP contribution in [0.1, 0.15) is 22.5 Å². The second kappa shape index (κ2) is 5.88. The maximum absolute atomic E-state index is 11.9. The van der Waals surface area contributed by atoms with Crippen LogP contribution < -0.4 is 10.9 Å². The lowest BCUT2D eigenvalue weighted by Crippen LogP contribution is -2.16. The molecule has 0 atom stereocenters. The molecule has 0 saturated heterocycles. The number of nitrogens with one attached hydrogen (secondary N) is 2. The number of benzene rings is 1. The van der Waals surface area contributed by atoms with Crippen LogP contribution in [-0.2, 0) is 0 Å². The first-order valence-electron chi connectivity index (χ1n) is 7.15. The molecule has 7 heteroatoms. The lowest BCUT2D eigenvalue weighted by atomic mass is 10.1. The Bertz CT molecular complexity index is 980. The van der Waals surface area contributed by atoms with Crippen LogP contribution in [0.2, 0.25) is 0 Å². The Morgan fingerprint density at radius 1 is 1.04 bits per heavy atom. The number of hydrogen-bond acceptors (Lipinski definition) is 5. The van der Waals surface area contributed by atoms with Crippen LogP contribution in [0.4, 0.5) is 11.9 Å². The van der Waals surface area contributed by atoms with Crippen molar-refractivity contribution in [1.82, 2.24) is 19.9 Å². The first-order valence-corrected chi connectivity index (χ1v) is 8.22. The molecule has 118 valence electrons. The summed E-state index contributed by atoms with van der Waals surface area (Å²) in [5, 5.41) is 4.02. The number of aryl methyl sites for hydroxylation is 3. The molecule has 0 amide bonds. The predicted molar refractivity (Wildman–Crippen MR) is 99.3 cm³/mol. The number of aromatic amines is 1. The molecule has 0 fully saturated rings. The van der Waals surface area contributed by atoms with E-state index in [0.29, 0.717) is 23.2 Å². The number of aromatic nitrogens is 4. The molecule has 0 saturated carbocycles. The Hall–Kier alpha value is -2.03. The molecular formula is C16H16IN5O. The second-order valence-electron chi connectivity index (χ2n) is 5.48. The fourth-order valence-corrected chi connectivity index (χ4v) is 2.87. The number of hydrogen-bond donors (Lipinski definition) is 2. The zero-order valence-corrected chi connectivity index (χ0v) is 15.4. The van der Waals surface area contributed by atoms with E-state index >= 15 is 0 Å². The summed E-state index contributed by atoms with van der Waals surface area (Å²) in [6.45, 7) is 7.53. The number of H-pyrrole nitrogens is 1. The SMILES string of the molecule is Cc1ccc2c(C)nc(Nc3nc(C)c(C)c(=O)[nH]3)nc2c1I. The quantitative estimate of drug-likeness (QED) is 0.621. The van der Waals surface area contributed by atoms with Gasteiger partial charge in [-0.15, -0.1) is 0 Å². The van der Waals surface area contributed by atoms with E-state index in [9.17, 15) is 4.79 Å². The lowest BCUT2D eigenvalue weighted by Gasteiger charge is -2.10. The molecule has 0 radical (unpaired) electrons. The Kier molecular flexibility index (Phi) is 4.05. The van der Waals surface area contributed by atoms with Gasteiger partial charge in [0.1, 0.15) is 0 Å². The van der Waals surface area contributed by atoms with Crippen molar-refractivity contribution in [2.75, 3.05) is 5.32 Å². The largest absolute Gasteiger partial charge is 0.294 e. The third-order valence-electron chi connectivity index (χ3n) is 3.82. The maximum atomic E-state index is 11.9. The molecule has 0 spiro atoms. The van der Waals surface area contributed by atoms with Crippen LogP contribution in [0.25, 0.3) is 10.9 Å². The van der Waals surface area contributed by atoms with E-state index in [-0.39, 0.29) is 5.56 Å². The smallest absolute Gasteiger partial charge is 0.255 e. The molecule has 0 unspecified atom stereocenters. The van der Waals surface area contributed by atoms with Crippen molar-refractivity contribution in [3.63, 3.8) is 0 Å². The van der Waals surface area contributed by atoms with Crippen LogP contribution in [0, 0.1) is 31.3 Å². The third-order valence-corrected chi connectivity index (χ3v) is 5.18. The molecule has 2 heterocycles. The Balaban J connectivity index is 2.11. The monoisotopic (exact) mass is 421 g/mol. The molecule has 2 N–H and O–H groups in total. The zero-order chi connectivity index (χ0) is 16.7. The molecule has 3 rings (SSSR count). The topological polar surface area (TPSA) is 83.6 Å². The van der Waals surface area contributed by atoms with Crippen LogP contribution in [-0.4, -0.2) is 19.9 Å². The predicted octanol–water partition coefficient (Wildman–Crippen LogP) is 3.29. The minimum Gasteiger partial charge on any atom is -0.294 e. The Morgan fingerprint density at radius 3 is 2.48 bits per heavy atom. The minimum atomic E-state index is -0.164. The highest BCUT2D eigenvalue weighted by Gasteiger charge is 2.11. The van der Waals surface area contributed by atoms with Crippen molar-refractivity contribution in [1.29, 1.82) is 0 Å². The van der Waals surface area contributed by atoms with Gasteiger partial charge in [0, 0.05) is 20.2 Å². The molecule has 6 nitrogen and oxygen atoms in total. The summed E-state index contributed by atoms with van der Waals surface area (Å²) in [5.41, 5.74) is 4.06. The van der Waals surface area contributed by atoms with Gasteiger partial charge in [0.15, 0.2) is 0 Å². The summed E-state index contributed by atoms with van der Waals surface area (Å²) in [4.78, 5) is 27.9. The summed E-state index contributed by atoms with van der Waals surface area (Å²) in [6.07, 6.45) is 0. The fraction of sp³-hybridized carbons (Fsp3) is 0.250. The van der Waals surface area contributed by atoms with Gasteiger partial charge in [0.05, 0.1) is 11.2 Å². The van der Waals surface area contributed by atoms with Crippen LogP contribution in [0.5, 0.6) is 0 Å². The summed E-state index contributed by atoms with van der Waals surface area (Å²) >= 11 is 2.29. The Morgan fingerprint density at radius 2 is 1.78 bits per heavy atom. The van der Waals surface area contributed by atoms with Crippen molar-refractivity contribution >= 4 is 45.4 Å². The average Bonchev–Trinajstić information content (AvgIpc) is 2.49. The van der Waals surface area contributed by atoms with Gasteiger partial charge in [-0.25, -0.2) is 15.0 Å². The molecule has 3 aromatic rings. The maximum Gasteiger partial charge on any atom is 0.255 e. The first-order chi connectivity index (χ1) is 10.9. The summed E-state index contributed by atoms with van der Waals surface area (Å²) < 4.78 is 1.09. The first kappa shape index (κ1) is 15.9. The van der Waals surface area contributed by atoms with Gasteiger partial charge < -0.3 is 0 Å². The van der Waals surface area contributed by atoms with Gasteiger partial charge in [-0.3, -0.25) is 15.1 Å². The van der Waals surface area contributed by atoms with Gasteiger partial charge in [0.2, 0.25) is 11.9 Å². The van der Waals surface area contributed by atoms with Gasteiger partial charge in [-0.05, 0) is 55.8 Å². The van der Waals surface area contributed by atoms with Gasteiger partial charge in [-0.1, -0.05) is 12.1 Å². The number of anilines is 2. The normalized spacial score (nSPS) is 11.0. The molecule has 0 aliphatic carbocycles. The minimum absolute atomic E-state index is 0.164. The van der Waals surface area contributed by atoms with Gasteiger partial charge in [-0.2, -0.15) is 0 Å². The number of nitrogens with zero attached hydrogens (tertiary/aromatic N) is 3. The molecule has 1 aromatic carbocycles. The highest BCUT2D eigenvalue weighted by atomic mass is 127. The average molecular weight is 421 g/mol. The number of fused-ring (bicyclic) bond motifs is 1. The number of halogens is 1.